The topological polar surface area (TPSA) is 27.8 Å². The predicted octanol–water partition coefficient (Wildman–Crippen LogP) is 2.72. The normalized spacial score (nSPS) is 11.4. The summed E-state index contributed by atoms with van der Waals surface area (Å²) < 4.78 is 0. The van der Waals surface area contributed by atoms with Crippen molar-refractivity contribution in [2.45, 2.75) is 33.7 Å². The zero-order chi connectivity index (χ0) is 10.4. The Balaban J connectivity index is 2.78. The van der Waals surface area contributed by atoms with Crippen LogP contribution in [0.1, 0.15) is 37.7 Å². The molecule has 0 aliphatic rings. The Morgan fingerprint density at radius 2 is 2.21 bits per heavy atom. The summed E-state index contributed by atoms with van der Waals surface area (Å²) in [6.07, 6.45) is 5.29. The van der Waals surface area contributed by atoms with Crippen LogP contribution in [-0.2, 0) is 13.0 Å². The molecular weight excluding hydrogens is 172 g/mol. The molecule has 0 unspecified atom stereocenters. The molecule has 0 spiro atoms. The van der Waals surface area contributed by atoms with Gasteiger partial charge in [-0.15, -0.1) is 0 Å². The molecule has 0 saturated heterocycles. The maximum atomic E-state index is 3.42. The number of H-pyrrole nitrogens is 1. The Labute approximate surface area is 86.4 Å². The van der Waals surface area contributed by atoms with Crippen molar-refractivity contribution in [1.82, 2.24) is 10.3 Å². The summed E-state index contributed by atoms with van der Waals surface area (Å²) >= 11 is 0. The Morgan fingerprint density at radius 3 is 2.79 bits per heavy atom. The first kappa shape index (κ1) is 11.1. The largest absolute Gasteiger partial charge is 0.358 e. The van der Waals surface area contributed by atoms with Crippen LogP contribution in [0.15, 0.2) is 12.1 Å². The van der Waals surface area contributed by atoms with Gasteiger partial charge in [0.05, 0.1) is 0 Å². The van der Waals surface area contributed by atoms with Crippen LogP contribution in [0.4, 0.5) is 0 Å². The van der Waals surface area contributed by atoms with Gasteiger partial charge in [0.15, 0.2) is 0 Å². The molecule has 0 amide bonds. The molecule has 78 valence electrons. The average Bonchev–Trinajstić information content (AvgIpc) is 2.58. The number of aromatic nitrogens is 1. The van der Waals surface area contributed by atoms with Crippen molar-refractivity contribution in [1.29, 1.82) is 0 Å². The molecule has 2 nitrogen and oxygen atoms in total. The minimum absolute atomic E-state index is 0.932. The summed E-state index contributed by atoms with van der Waals surface area (Å²) in [7, 11) is 0. The molecule has 0 saturated carbocycles. The van der Waals surface area contributed by atoms with Gasteiger partial charge in [-0.2, -0.15) is 0 Å². The summed E-state index contributed by atoms with van der Waals surface area (Å²) in [4.78, 5) is 3.42. The molecule has 0 atom stereocenters. The van der Waals surface area contributed by atoms with Crippen LogP contribution in [-0.4, -0.2) is 11.5 Å². The summed E-state index contributed by atoms with van der Waals surface area (Å²) in [6.45, 7) is 8.30. The minimum Gasteiger partial charge on any atom is -0.358 e. The van der Waals surface area contributed by atoms with Crippen LogP contribution < -0.4 is 5.32 Å². The van der Waals surface area contributed by atoms with Gasteiger partial charge in [0.1, 0.15) is 0 Å². The van der Waals surface area contributed by atoms with E-state index in [-0.39, 0.29) is 0 Å². The fraction of sp³-hybridized carbons (Fsp3) is 0.500. The maximum absolute atomic E-state index is 3.42. The second-order valence-corrected chi connectivity index (χ2v) is 3.37. The highest BCUT2D eigenvalue weighted by atomic mass is 14.9. The van der Waals surface area contributed by atoms with Gasteiger partial charge < -0.3 is 10.3 Å². The van der Waals surface area contributed by atoms with Crippen molar-refractivity contribution in [3.8, 4) is 0 Å². The number of hydrogen-bond donors (Lipinski definition) is 2. The van der Waals surface area contributed by atoms with E-state index in [0.29, 0.717) is 0 Å². The van der Waals surface area contributed by atoms with E-state index in [1.54, 1.807) is 0 Å². The van der Waals surface area contributed by atoms with Crippen molar-refractivity contribution in [2.24, 2.45) is 0 Å². The second-order valence-electron chi connectivity index (χ2n) is 3.37. The molecule has 1 rings (SSSR count). The van der Waals surface area contributed by atoms with E-state index in [1.165, 1.54) is 17.0 Å². The van der Waals surface area contributed by atoms with Gasteiger partial charge in [-0.05, 0) is 37.6 Å². The van der Waals surface area contributed by atoms with Crippen molar-refractivity contribution >= 4 is 6.08 Å². The summed E-state index contributed by atoms with van der Waals surface area (Å²) in [6, 6.07) is 2.25. The maximum Gasteiger partial charge on any atom is 0.0411 e. The van der Waals surface area contributed by atoms with Crippen LogP contribution >= 0.6 is 0 Å². The molecule has 14 heavy (non-hydrogen) atoms. The molecule has 0 aliphatic carbocycles. The highest BCUT2D eigenvalue weighted by molar-refractivity contribution is 5.50. The fourth-order valence-electron chi connectivity index (χ4n) is 1.54. The molecule has 2 heteroatoms. The summed E-state index contributed by atoms with van der Waals surface area (Å²) in [5.74, 6) is 0. The van der Waals surface area contributed by atoms with Crippen molar-refractivity contribution in [3.05, 3.63) is 29.1 Å². The molecule has 1 aromatic heterocycles. The molecule has 0 aromatic carbocycles. The van der Waals surface area contributed by atoms with Gasteiger partial charge >= 0.3 is 0 Å². The lowest BCUT2D eigenvalue weighted by Gasteiger charge is -1.96. The van der Waals surface area contributed by atoms with Gasteiger partial charge in [-0.3, -0.25) is 0 Å². The number of hydrogen-bond acceptors (Lipinski definition) is 1. The molecule has 0 radical (unpaired) electrons. The monoisotopic (exact) mass is 192 g/mol. The molecule has 0 bridgehead atoms. The van der Waals surface area contributed by atoms with E-state index in [9.17, 15) is 0 Å². The van der Waals surface area contributed by atoms with Crippen molar-refractivity contribution < 1.29 is 0 Å². The molecule has 1 aromatic rings. The molecule has 0 fully saturated rings. The third-order valence-electron chi connectivity index (χ3n) is 2.27. The lowest BCUT2D eigenvalue weighted by atomic mass is 10.2. The van der Waals surface area contributed by atoms with E-state index in [2.05, 4.69) is 42.4 Å². The summed E-state index contributed by atoms with van der Waals surface area (Å²) in [5.41, 5.74) is 3.93. The van der Waals surface area contributed by atoms with Crippen LogP contribution in [0.3, 0.4) is 0 Å². The van der Waals surface area contributed by atoms with Crippen LogP contribution in [0.2, 0.25) is 0 Å². The Kier molecular flexibility index (Phi) is 4.47. The first-order chi connectivity index (χ1) is 6.81. The van der Waals surface area contributed by atoms with Crippen LogP contribution in [0, 0.1) is 0 Å². The van der Waals surface area contributed by atoms with E-state index >= 15 is 0 Å². The number of aryl methyl sites for hydroxylation is 1. The van der Waals surface area contributed by atoms with Crippen LogP contribution in [0.5, 0.6) is 0 Å². The van der Waals surface area contributed by atoms with Crippen LogP contribution in [0.25, 0.3) is 6.08 Å². The SMILES string of the molecule is C/C=C\c1[nH]c(CNCC)cc1CC. The van der Waals surface area contributed by atoms with Gasteiger partial charge in [-0.25, -0.2) is 0 Å². The predicted molar refractivity (Wildman–Crippen MR) is 62.3 cm³/mol. The fourth-order valence-corrected chi connectivity index (χ4v) is 1.54. The molecule has 2 N–H and O–H groups in total. The van der Waals surface area contributed by atoms with E-state index < -0.39 is 0 Å². The molecule has 0 aliphatic heterocycles. The number of aromatic amines is 1. The van der Waals surface area contributed by atoms with Gasteiger partial charge in [-0.1, -0.05) is 19.9 Å². The number of rotatable bonds is 5. The highest BCUT2D eigenvalue weighted by Gasteiger charge is 2.02. The average molecular weight is 192 g/mol. The minimum atomic E-state index is 0.932. The molecule has 1 heterocycles. The number of allylic oxidation sites excluding steroid dienone is 1. The zero-order valence-electron chi connectivity index (χ0n) is 9.35. The zero-order valence-corrected chi connectivity index (χ0v) is 9.35. The Hall–Kier alpha value is -1.02. The molecular formula is C12H20N2. The van der Waals surface area contributed by atoms with Gasteiger partial charge in [0.25, 0.3) is 0 Å². The quantitative estimate of drug-likeness (QED) is 0.737. The number of nitrogens with one attached hydrogen (secondary N) is 2. The Morgan fingerprint density at radius 1 is 1.43 bits per heavy atom. The second kappa shape index (κ2) is 5.66. The third-order valence-corrected chi connectivity index (χ3v) is 2.27. The lowest BCUT2D eigenvalue weighted by molar-refractivity contribution is 0.714. The lowest BCUT2D eigenvalue weighted by Crippen LogP contribution is -2.11. The van der Waals surface area contributed by atoms with Crippen molar-refractivity contribution in [3.63, 3.8) is 0 Å². The highest BCUT2D eigenvalue weighted by Crippen LogP contribution is 2.13. The third kappa shape index (κ3) is 2.74. The summed E-state index contributed by atoms with van der Waals surface area (Å²) in [5, 5.41) is 3.32. The standard InChI is InChI=1S/C12H20N2/c1-4-7-12-10(5-2)8-11(14-12)9-13-6-3/h4,7-8,13-14H,5-6,9H2,1-3H3/b7-4-. The van der Waals surface area contributed by atoms with Crippen molar-refractivity contribution in [2.75, 3.05) is 6.54 Å². The first-order valence-corrected chi connectivity index (χ1v) is 5.36. The van der Waals surface area contributed by atoms with E-state index in [1.807, 2.05) is 6.92 Å². The smallest absolute Gasteiger partial charge is 0.0411 e. The Bertz CT molecular complexity index is 297. The van der Waals surface area contributed by atoms with E-state index in [4.69, 9.17) is 0 Å². The van der Waals surface area contributed by atoms with Gasteiger partial charge in [0.2, 0.25) is 0 Å². The van der Waals surface area contributed by atoms with E-state index in [0.717, 1.165) is 19.5 Å². The first-order valence-electron chi connectivity index (χ1n) is 5.36. The van der Waals surface area contributed by atoms with Gasteiger partial charge in [0, 0.05) is 17.9 Å².